The van der Waals surface area contributed by atoms with Gasteiger partial charge in [-0.25, -0.2) is 4.79 Å². The number of aryl methyl sites for hydroxylation is 1. The van der Waals surface area contributed by atoms with Crippen LogP contribution in [0.2, 0.25) is 5.02 Å². The second-order valence-corrected chi connectivity index (χ2v) is 9.65. The Bertz CT molecular complexity index is 997. The van der Waals surface area contributed by atoms with Gasteiger partial charge in [-0.3, -0.25) is 4.79 Å². The van der Waals surface area contributed by atoms with Crippen LogP contribution in [-0.2, 0) is 11.3 Å². The molecule has 7 nitrogen and oxygen atoms in total. The molecule has 2 unspecified atom stereocenters. The highest BCUT2D eigenvalue weighted by Gasteiger charge is 2.58. The Labute approximate surface area is 194 Å². The van der Waals surface area contributed by atoms with Gasteiger partial charge in [0.1, 0.15) is 5.69 Å². The first-order valence-corrected chi connectivity index (χ1v) is 11.9. The van der Waals surface area contributed by atoms with E-state index in [1.807, 2.05) is 28.8 Å². The van der Waals surface area contributed by atoms with E-state index < -0.39 is 6.09 Å². The summed E-state index contributed by atoms with van der Waals surface area (Å²) in [5.41, 5.74) is 1.68. The van der Waals surface area contributed by atoms with Crippen LogP contribution in [0.3, 0.4) is 0 Å². The molecule has 1 aromatic heterocycles. The summed E-state index contributed by atoms with van der Waals surface area (Å²) < 4.78 is 6.66. The van der Waals surface area contributed by atoms with E-state index in [2.05, 4.69) is 34.1 Å². The average molecular weight is 461 g/mol. The molecule has 0 radical (unpaired) electrons. The summed E-state index contributed by atoms with van der Waals surface area (Å²) in [4.78, 5) is 27.4. The molecule has 2 aromatic rings. The van der Waals surface area contributed by atoms with Crippen LogP contribution >= 0.6 is 11.6 Å². The van der Waals surface area contributed by atoms with Crippen molar-refractivity contribution in [1.82, 2.24) is 20.1 Å². The van der Waals surface area contributed by atoms with Gasteiger partial charge in [0.15, 0.2) is 0 Å². The van der Waals surface area contributed by atoms with E-state index >= 15 is 0 Å². The van der Waals surface area contributed by atoms with E-state index in [9.17, 15) is 9.59 Å². The van der Waals surface area contributed by atoms with Crippen LogP contribution in [-0.4, -0.2) is 60.3 Å². The summed E-state index contributed by atoms with van der Waals surface area (Å²) in [6.45, 7) is 7.23. The number of methoxy groups -OCH3 is 1. The highest BCUT2D eigenvalue weighted by molar-refractivity contribution is 6.38. The van der Waals surface area contributed by atoms with Crippen molar-refractivity contribution < 1.29 is 14.3 Å². The van der Waals surface area contributed by atoms with Gasteiger partial charge in [-0.2, -0.15) is 0 Å². The number of hydrogen-bond donors (Lipinski definition) is 2. The molecule has 4 rings (SSSR count). The van der Waals surface area contributed by atoms with Gasteiger partial charge in [-0.1, -0.05) is 29.8 Å². The molecule has 2 aliphatic rings. The number of amides is 2. The van der Waals surface area contributed by atoms with E-state index in [-0.39, 0.29) is 23.4 Å². The van der Waals surface area contributed by atoms with Crippen molar-refractivity contribution in [1.29, 1.82) is 0 Å². The van der Waals surface area contributed by atoms with Gasteiger partial charge in [0.25, 0.3) is 5.91 Å². The molecule has 32 heavy (non-hydrogen) atoms. The summed E-state index contributed by atoms with van der Waals surface area (Å²) in [5.74, 6) is -0.00502. The Kier molecular flexibility index (Phi) is 6.67. The number of para-hydroxylation sites is 1. The first kappa shape index (κ1) is 22.9. The van der Waals surface area contributed by atoms with Crippen LogP contribution < -0.4 is 10.6 Å². The van der Waals surface area contributed by atoms with Crippen LogP contribution in [0.1, 0.15) is 50.0 Å². The number of alkyl carbamates (subject to hydrolysis) is 1. The van der Waals surface area contributed by atoms with Gasteiger partial charge >= 0.3 is 6.09 Å². The summed E-state index contributed by atoms with van der Waals surface area (Å²) >= 11 is 6.82. The predicted octanol–water partition coefficient (Wildman–Crippen LogP) is 4.03. The number of nitrogens with one attached hydrogen (secondary N) is 2. The number of halogens is 1. The topological polar surface area (TPSA) is 75.6 Å². The van der Waals surface area contributed by atoms with E-state index in [4.69, 9.17) is 11.6 Å². The summed E-state index contributed by atoms with van der Waals surface area (Å²) in [5, 5.41) is 7.61. The minimum Gasteiger partial charge on any atom is -0.453 e. The van der Waals surface area contributed by atoms with Crippen molar-refractivity contribution in [3.05, 3.63) is 35.0 Å². The van der Waals surface area contributed by atoms with Crippen molar-refractivity contribution >= 4 is 34.5 Å². The van der Waals surface area contributed by atoms with Gasteiger partial charge in [-0.15, -0.1) is 0 Å². The van der Waals surface area contributed by atoms with Crippen molar-refractivity contribution in [3.8, 4) is 0 Å². The number of rotatable bonds is 7. The first-order chi connectivity index (χ1) is 15.4. The molecule has 2 atom stereocenters. The molecule has 2 fully saturated rings. The van der Waals surface area contributed by atoms with E-state index in [0.717, 1.165) is 43.3 Å². The van der Waals surface area contributed by atoms with Crippen molar-refractivity contribution in [2.75, 3.05) is 26.7 Å². The Morgan fingerprint density at radius 1 is 1.38 bits per heavy atom. The zero-order chi connectivity index (χ0) is 22.9. The second-order valence-electron chi connectivity index (χ2n) is 9.27. The van der Waals surface area contributed by atoms with Crippen molar-refractivity contribution in [3.63, 3.8) is 0 Å². The second kappa shape index (κ2) is 9.32. The first-order valence-electron chi connectivity index (χ1n) is 11.5. The Hall–Kier alpha value is -2.25. The van der Waals surface area contributed by atoms with Gasteiger partial charge < -0.3 is 24.8 Å². The monoisotopic (exact) mass is 460 g/mol. The van der Waals surface area contributed by atoms with Gasteiger partial charge in [-0.05, 0) is 52.1 Å². The van der Waals surface area contributed by atoms with Crippen LogP contribution in [0.25, 0.3) is 10.9 Å². The highest BCUT2D eigenvalue weighted by Crippen LogP contribution is 2.54. The highest BCUT2D eigenvalue weighted by atomic mass is 35.5. The van der Waals surface area contributed by atoms with Crippen LogP contribution in [0.15, 0.2) is 24.3 Å². The molecule has 174 valence electrons. The fraction of sp³-hybridized carbons (Fsp3) is 0.583. The summed E-state index contributed by atoms with van der Waals surface area (Å²) in [7, 11) is 1.35. The van der Waals surface area contributed by atoms with E-state index in [0.29, 0.717) is 30.2 Å². The third-order valence-electron chi connectivity index (χ3n) is 6.90. The zero-order valence-corrected chi connectivity index (χ0v) is 19.9. The lowest BCUT2D eigenvalue weighted by atomic mass is 9.95. The summed E-state index contributed by atoms with van der Waals surface area (Å²) in [6, 6.07) is 8.18. The number of aromatic nitrogens is 1. The molecular weight excluding hydrogens is 428 g/mol. The quantitative estimate of drug-likeness (QED) is 0.611. The van der Waals surface area contributed by atoms with Gasteiger partial charge in [0.05, 0.1) is 17.6 Å². The van der Waals surface area contributed by atoms with Gasteiger partial charge in [0, 0.05) is 42.5 Å². The Balaban J connectivity index is 1.63. The fourth-order valence-corrected chi connectivity index (χ4v) is 5.57. The smallest absolute Gasteiger partial charge is 0.406 e. The third kappa shape index (κ3) is 4.20. The summed E-state index contributed by atoms with van der Waals surface area (Å²) in [6.07, 6.45) is 3.57. The van der Waals surface area contributed by atoms with Crippen LogP contribution in [0.4, 0.5) is 4.79 Å². The number of carbonyl (C=O) groups excluding carboxylic acids is 2. The van der Waals surface area contributed by atoms with Gasteiger partial charge in [0.2, 0.25) is 0 Å². The lowest BCUT2D eigenvalue weighted by molar-refractivity contribution is 0.0638. The van der Waals surface area contributed by atoms with Crippen molar-refractivity contribution in [2.24, 2.45) is 5.41 Å². The molecule has 1 saturated carbocycles. The molecule has 2 amide bonds. The number of fused-ring (bicyclic) bond motifs is 1. The molecule has 1 aromatic carbocycles. The molecule has 8 heteroatoms. The minimum atomic E-state index is -0.456. The number of piperidine rings is 1. The fourth-order valence-electron chi connectivity index (χ4n) is 5.23. The minimum absolute atomic E-state index is 0.00502. The lowest BCUT2D eigenvalue weighted by Gasteiger charge is -2.32. The standard InChI is InChI=1S/C24H33ClN4O3/c1-16(2)29(19-14-24(19)10-6-11-26-15-24)22(30)21-20(25)17-8-4-5-9-18(17)28(21)13-7-12-27-23(31)32-3/h4-5,8-9,16,19,26H,6-7,10-15H2,1-3H3,(H,27,31). The SMILES string of the molecule is COC(=O)NCCCn1c(C(=O)N(C(C)C)C2CC23CCCNC3)c(Cl)c2ccccc21. The van der Waals surface area contributed by atoms with E-state index in [1.165, 1.54) is 7.11 Å². The third-order valence-corrected chi connectivity index (χ3v) is 7.29. The maximum atomic E-state index is 14.0. The lowest BCUT2D eigenvalue weighted by Crippen LogP contribution is -2.45. The zero-order valence-electron chi connectivity index (χ0n) is 19.1. The number of benzene rings is 1. The maximum absolute atomic E-state index is 14.0. The molecule has 2 heterocycles. The molecule has 1 saturated heterocycles. The maximum Gasteiger partial charge on any atom is 0.406 e. The number of hydrogen-bond acceptors (Lipinski definition) is 4. The predicted molar refractivity (Wildman–Crippen MR) is 126 cm³/mol. The average Bonchev–Trinajstić information content (AvgIpc) is 3.37. The molecule has 0 bridgehead atoms. The van der Waals surface area contributed by atoms with E-state index in [1.54, 1.807) is 0 Å². The van der Waals surface area contributed by atoms with Crippen LogP contribution in [0.5, 0.6) is 0 Å². The van der Waals surface area contributed by atoms with Crippen molar-refractivity contribution in [2.45, 2.75) is 58.2 Å². The number of carbonyl (C=O) groups is 2. The number of nitrogens with zero attached hydrogens (tertiary/aromatic N) is 2. The molecule has 1 aliphatic heterocycles. The molecular formula is C24H33ClN4O3. The van der Waals surface area contributed by atoms with Crippen LogP contribution in [0, 0.1) is 5.41 Å². The Morgan fingerprint density at radius 2 is 2.16 bits per heavy atom. The number of ether oxygens (including phenoxy) is 1. The molecule has 1 aliphatic carbocycles. The molecule has 1 spiro atoms. The largest absolute Gasteiger partial charge is 0.453 e. The molecule has 2 N–H and O–H groups in total. The normalized spacial score (nSPS) is 22.3. The Morgan fingerprint density at radius 3 is 2.84 bits per heavy atom.